The zero-order valence-corrected chi connectivity index (χ0v) is 13.0. The minimum Gasteiger partial charge on any atom is -0.492 e. The van der Waals surface area contributed by atoms with Crippen LogP contribution in [0, 0.1) is 5.92 Å². The third-order valence-corrected chi connectivity index (χ3v) is 4.74. The molecule has 1 aromatic carbocycles. The van der Waals surface area contributed by atoms with E-state index in [1.54, 1.807) is 0 Å². The van der Waals surface area contributed by atoms with Gasteiger partial charge in [0.05, 0.1) is 0 Å². The maximum absolute atomic E-state index is 6.03. The molecule has 0 radical (unpaired) electrons. The first-order valence-corrected chi connectivity index (χ1v) is 8.20. The van der Waals surface area contributed by atoms with Gasteiger partial charge in [0, 0.05) is 37.1 Å². The van der Waals surface area contributed by atoms with E-state index in [2.05, 4.69) is 47.1 Å². The number of hydrogen-bond acceptors (Lipinski definition) is 3. The van der Waals surface area contributed by atoms with Gasteiger partial charge in [0.2, 0.25) is 0 Å². The fourth-order valence-electron chi connectivity index (χ4n) is 3.13. The summed E-state index contributed by atoms with van der Waals surface area (Å²) >= 11 is 0. The number of hydrogen-bond donors (Lipinski definition) is 0. The van der Waals surface area contributed by atoms with E-state index in [0.717, 1.165) is 24.8 Å². The molecule has 0 saturated heterocycles. The van der Waals surface area contributed by atoms with Crippen molar-refractivity contribution in [1.29, 1.82) is 0 Å². The second-order valence-corrected chi connectivity index (χ2v) is 6.59. The molecule has 114 valence electrons. The predicted molar refractivity (Wildman–Crippen MR) is 87.8 cm³/mol. The Kier molecular flexibility index (Phi) is 3.59. The summed E-state index contributed by atoms with van der Waals surface area (Å²) in [4.78, 5) is 6.69. The zero-order chi connectivity index (χ0) is 14.9. The molecule has 1 aliphatic heterocycles. The number of benzene rings is 1. The highest BCUT2D eigenvalue weighted by atomic mass is 16.5. The molecule has 1 fully saturated rings. The lowest BCUT2D eigenvalue weighted by Gasteiger charge is -2.25. The average Bonchev–Trinajstić information content (AvgIpc) is 3.38. The standard InChI is InChI=1S/C19H22N2O/c1-14-13-22-19-5-4-17(16-6-8-20-9-7-16)10-18(19)12-21(14)11-15-2-3-15/h4-10,14-15H,2-3,11-13H2,1H3/t14-/m0/s1. The molecule has 0 N–H and O–H groups in total. The fourth-order valence-corrected chi connectivity index (χ4v) is 3.13. The molecule has 4 rings (SSSR count). The van der Waals surface area contributed by atoms with Gasteiger partial charge in [-0.15, -0.1) is 0 Å². The Hall–Kier alpha value is -1.87. The molecule has 0 amide bonds. The molecular formula is C19H22N2O. The van der Waals surface area contributed by atoms with Crippen LogP contribution in [0.5, 0.6) is 5.75 Å². The van der Waals surface area contributed by atoms with Crippen molar-refractivity contribution in [3.63, 3.8) is 0 Å². The molecule has 1 aliphatic carbocycles. The number of nitrogens with zero attached hydrogens (tertiary/aromatic N) is 2. The number of rotatable bonds is 3. The van der Waals surface area contributed by atoms with Crippen molar-refractivity contribution in [3.8, 4) is 16.9 Å². The molecule has 2 aromatic rings. The summed E-state index contributed by atoms with van der Waals surface area (Å²) in [6.45, 7) is 5.27. The van der Waals surface area contributed by atoms with Crippen molar-refractivity contribution < 1.29 is 4.74 Å². The molecule has 0 bridgehead atoms. The first-order valence-electron chi connectivity index (χ1n) is 8.20. The Bertz CT molecular complexity index is 652. The second kappa shape index (κ2) is 5.73. The van der Waals surface area contributed by atoms with Crippen molar-refractivity contribution in [3.05, 3.63) is 48.3 Å². The smallest absolute Gasteiger partial charge is 0.123 e. The molecule has 2 aliphatic rings. The van der Waals surface area contributed by atoms with Gasteiger partial charge >= 0.3 is 0 Å². The highest BCUT2D eigenvalue weighted by Crippen LogP contribution is 2.34. The van der Waals surface area contributed by atoms with Crippen LogP contribution in [0.4, 0.5) is 0 Å². The van der Waals surface area contributed by atoms with Crippen LogP contribution in [0.15, 0.2) is 42.7 Å². The van der Waals surface area contributed by atoms with E-state index < -0.39 is 0 Å². The molecule has 1 atom stereocenters. The van der Waals surface area contributed by atoms with Crippen molar-refractivity contribution in [2.24, 2.45) is 5.92 Å². The van der Waals surface area contributed by atoms with Crippen molar-refractivity contribution in [1.82, 2.24) is 9.88 Å². The normalized spacial score (nSPS) is 21.8. The molecule has 0 spiro atoms. The zero-order valence-electron chi connectivity index (χ0n) is 13.0. The van der Waals surface area contributed by atoms with E-state index in [9.17, 15) is 0 Å². The summed E-state index contributed by atoms with van der Waals surface area (Å²) in [5, 5.41) is 0. The lowest BCUT2D eigenvalue weighted by molar-refractivity contribution is 0.152. The van der Waals surface area contributed by atoms with Crippen LogP contribution in [0.2, 0.25) is 0 Å². The minimum absolute atomic E-state index is 0.484. The van der Waals surface area contributed by atoms with Crippen molar-refractivity contribution in [2.45, 2.75) is 32.4 Å². The van der Waals surface area contributed by atoms with Crippen LogP contribution in [-0.4, -0.2) is 29.1 Å². The Morgan fingerprint density at radius 3 is 2.73 bits per heavy atom. The first kappa shape index (κ1) is 13.8. The molecule has 3 nitrogen and oxygen atoms in total. The largest absolute Gasteiger partial charge is 0.492 e. The van der Waals surface area contributed by atoms with Crippen molar-refractivity contribution in [2.75, 3.05) is 13.2 Å². The third-order valence-electron chi connectivity index (χ3n) is 4.74. The predicted octanol–water partition coefficient (Wildman–Crippen LogP) is 3.74. The van der Waals surface area contributed by atoms with Gasteiger partial charge in [-0.1, -0.05) is 6.07 Å². The topological polar surface area (TPSA) is 25.4 Å². The quantitative estimate of drug-likeness (QED) is 0.862. The van der Waals surface area contributed by atoms with Gasteiger partial charge in [0.1, 0.15) is 12.4 Å². The molecule has 2 heterocycles. The van der Waals surface area contributed by atoms with Crippen LogP contribution in [0.1, 0.15) is 25.3 Å². The molecule has 0 unspecified atom stereocenters. The van der Waals surface area contributed by atoms with E-state index in [1.807, 2.05) is 12.4 Å². The van der Waals surface area contributed by atoms with E-state index in [0.29, 0.717) is 6.04 Å². The summed E-state index contributed by atoms with van der Waals surface area (Å²) in [6, 6.07) is 11.2. The maximum Gasteiger partial charge on any atom is 0.123 e. The Labute approximate surface area is 131 Å². The van der Waals surface area contributed by atoms with E-state index in [-0.39, 0.29) is 0 Å². The summed E-state index contributed by atoms with van der Waals surface area (Å²) in [6.07, 6.45) is 6.49. The lowest BCUT2D eigenvalue weighted by Crippen LogP contribution is -2.36. The van der Waals surface area contributed by atoms with Gasteiger partial charge in [-0.05, 0) is 61.1 Å². The van der Waals surface area contributed by atoms with Gasteiger partial charge in [-0.25, -0.2) is 0 Å². The van der Waals surface area contributed by atoms with E-state index in [4.69, 9.17) is 4.74 Å². The fraction of sp³-hybridized carbons (Fsp3) is 0.421. The number of ether oxygens (including phenoxy) is 1. The third kappa shape index (κ3) is 2.86. The number of fused-ring (bicyclic) bond motifs is 1. The molecule has 1 aromatic heterocycles. The summed E-state index contributed by atoms with van der Waals surface area (Å²) in [5.41, 5.74) is 3.76. The highest BCUT2D eigenvalue weighted by molar-refractivity contribution is 5.65. The SMILES string of the molecule is C[C@H]1COc2ccc(-c3ccncc3)cc2CN1CC1CC1. The van der Waals surface area contributed by atoms with Gasteiger partial charge in [-0.2, -0.15) is 0 Å². The van der Waals surface area contributed by atoms with E-state index >= 15 is 0 Å². The Balaban J connectivity index is 1.63. The van der Waals surface area contributed by atoms with E-state index in [1.165, 1.54) is 36.1 Å². The average molecular weight is 294 g/mol. The lowest BCUT2D eigenvalue weighted by atomic mass is 10.0. The number of pyridine rings is 1. The first-order chi connectivity index (χ1) is 10.8. The van der Waals surface area contributed by atoms with Gasteiger partial charge < -0.3 is 4.74 Å². The molecular weight excluding hydrogens is 272 g/mol. The molecule has 1 saturated carbocycles. The van der Waals surface area contributed by atoms with Gasteiger partial charge in [0.15, 0.2) is 0 Å². The van der Waals surface area contributed by atoms with Crippen LogP contribution in [0.25, 0.3) is 11.1 Å². The number of aromatic nitrogens is 1. The summed E-state index contributed by atoms with van der Waals surface area (Å²) < 4.78 is 6.03. The van der Waals surface area contributed by atoms with Crippen molar-refractivity contribution >= 4 is 0 Å². The van der Waals surface area contributed by atoms with Crippen LogP contribution < -0.4 is 4.74 Å². The minimum atomic E-state index is 0.484. The summed E-state index contributed by atoms with van der Waals surface area (Å²) in [7, 11) is 0. The monoisotopic (exact) mass is 294 g/mol. The Morgan fingerprint density at radius 2 is 1.95 bits per heavy atom. The van der Waals surface area contributed by atoms with Gasteiger partial charge in [0.25, 0.3) is 0 Å². The molecule has 3 heteroatoms. The second-order valence-electron chi connectivity index (χ2n) is 6.59. The Morgan fingerprint density at radius 1 is 1.14 bits per heavy atom. The highest BCUT2D eigenvalue weighted by Gasteiger charge is 2.29. The molecule has 22 heavy (non-hydrogen) atoms. The van der Waals surface area contributed by atoms with Crippen LogP contribution >= 0.6 is 0 Å². The van der Waals surface area contributed by atoms with Crippen LogP contribution in [-0.2, 0) is 6.54 Å². The maximum atomic E-state index is 6.03. The van der Waals surface area contributed by atoms with Crippen LogP contribution in [0.3, 0.4) is 0 Å². The summed E-state index contributed by atoms with van der Waals surface area (Å²) in [5.74, 6) is 1.95. The van der Waals surface area contributed by atoms with Gasteiger partial charge in [-0.3, -0.25) is 9.88 Å².